The fourth-order valence-corrected chi connectivity index (χ4v) is 2.94. The van der Waals surface area contributed by atoms with Gasteiger partial charge in [-0.15, -0.1) is 0 Å². The molecule has 0 unspecified atom stereocenters. The first kappa shape index (κ1) is 22.7. The van der Waals surface area contributed by atoms with E-state index < -0.39 is 0 Å². The zero-order valence-corrected chi connectivity index (χ0v) is 18.2. The highest BCUT2D eigenvalue weighted by atomic mass is 16.5. The first-order chi connectivity index (χ1) is 15.5. The van der Waals surface area contributed by atoms with Crippen molar-refractivity contribution < 1.29 is 19.1 Å². The van der Waals surface area contributed by atoms with Crippen molar-refractivity contribution in [2.24, 2.45) is 0 Å². The molecule has 0 bridgehead atoms. The van der Waals surface area contributed by atoms with Gasteiger partial charge < -0.3 is 25.0 Å². The Morgan fingerprint density at radius 3 is 2.34 bits per heavy atom. The molecule has 0 aromatic heterocycles. The number of anilines is 2. The van der Waals surface area contributed by atoms with Crippen LogP contribution in [0.25, 0.3) is 0 Å². The number of nitrogens with zero attached hydrogens (tertiary/aromatic N) is 1. The molecular formula is C25H27N3O4. The van der Waals surface area contributed by atoms with Gasteiger partial charge in [0, 0.05) is 25.3 Å². The SMILES string of the molecule is CN(C)C(=O)c1cccc(NC(=O)CNc2ccccc2OCCOc2ccccc2)c1. The maximum absolute atomic E-state index is 12.4. The largest absolute Gasteiger partial charge is 0.490 e. The first-order valence-corrected chi connectivity index (χ1v) is 10.3. The summed E-state index contributed by atoms with van der Waals surface area (Å²) in [4.78, 5) is 26.0. The Kier molecular flexibility index (Phi) is 8.09. The summed E-state index contributed by atoms with van der Waals surface area (Å²) in [6.07, 6.45) is 0. The number of benzene rings is 3. The van der Waals surface area contributed by atoms with Crippen LogP contribution in [0.4, 0.5) is 11.4 Å². The van der Waals surface area contributed by atoms with Crippen LogP contribution in [0.15, 0.2) is 78.9 Å². The van der Waals surface area contributed by atoms with E-state index in [1.54, 1.807) is 38.4 Å². The van der Waals surface area contributed by atoms with Crippen LogP contribution in [0.5, 0.6) is 11.5 Å². The summed E-state index contributed by atoms with van der Waals surface area (Å²) in [5.74, 6) is 1.06. The molecule has 0 radical (unpaired) electrons. The molecule has 0 saturated heterocycles. The smallest absolute Gasteiger partial charge is 0.253 e. The van der Waals surface area contributed by atoms with Gasteiger partial charge in [0.05, 0.1) is 12.2 Å². The molecule has 32 heavy (non-hydrogen) atoms. The summed E-state index contributed by atoms with van der Waals surface area (Å²) >= 11 is 0. The van der Waals surface area contributed by atoms with Crippen LogP contribution < -0.4 is 20.1 Å². The minimum atomic E-state index is -0.235. The van der Waals surface area contributed by atoms with E-state index in [1.807, 2.05) is 54.6 Å². The number of para-hydroxylation sites is 3. The number of hydrogen-bond acceptors (Lipinski definition) is 5. The van der Waals surface area contributed by atoms with Gasteiger partial charge in [0.15, 0.2) is 0 Å². The Bertz CT molecular complexity index is 1040. The average Bonchev–Trinajstić information content (AvgIpc) is 2.81. The maximum Gasteiger partial charge on any atom is 0.253 e. The number of amides is 2. The van der Waals surface area contributed by atoms with E-state index in [0.29, 0.717) is 35.9 Å². The summed E-state index contributed by atoms with van der Waals surface area (Å²) in [5.41, 5.74) is 1.78. The third kappa shape index (κ3) is 6.77. The fourth-order valence-electron chi connectivity index (χ4n) is 2.94. The van der Waals surface area contributed by atoms with Crippen LogP contribution in [0.1, 0.15) is 10.4 Å². The molecule has 3 rings (SSSR count). The fraction of sp³-hybridized carbons (Fsp3) is 0.200. The molecule has 0 aliphatic carbocycles. The predicted molar refractivity (Wildman–Crippen MR) is 125 cm³/mol. The summed E-state index contributed by atoms with van der Waals surface area (Å²) in [7, 11) is 3.37. The van der Waals surface area contributed by atoms with Crippen LogP contribution in [-0.4, -0.2) is 50.6 Å². The van der Waals surface area contributed by atoms with Gasteiger partial charge in [-0.2, -0.15) is 0 Å². The van der Waals surface area contributed by atoms with E-state index in [0.717, 1.165) is 5.75 Å². The summed E-state index contributed by atoms with van der Waals surface area (Å²) < 4.78 is 11.4. The second-order valence-electron chi connectivity index (χ2n) is 7.19. The number of carbonyl (C=O) groups is 2. The summed E-state index contributed by atoms with van der Waals surface area (Å²) in [6, 6.07) is 23.8. The zero-order chi connectivity index (χ0) is 22.8. The molecule has 2 N–H and O–H groups in total. The predicted octanol–water partition coefficient (Wildman–Crippen LogP) is 3.90. The average molecular weight is 434 g/mol. The normalized spacial score (nSPS) is 10.2. The van der Waals surface area contributed by atoms with Gasteiger partial charge in [-0.05, 0) is 42.5 Å². The molecule has 0 atom stereocenters. The van der Waals surface area contributed by atoms with Crippen molar-refractivity contribution in [1.29, 1.82) is 0 Å². The molecule has 3 aromatic rings. The highest BCUT2D eigenvalue weighted by Crippen LogP contribution is 2.23. The standard InChI is InChI=1S/C25H27N3O4/c1-28(2)25(30)19-9-8-10-20(17-19)27-24(29)18-26-22-13-6-7-14-23(22)32-16-15-31-21-11-4-3-5-12-21/h3-14,17,26H,15-16,18H2,1-2H3,(H,27,29). The number of rotatable bonds is 10. The summed E-state index contributed by atoms with van der Waals surface area (Å²) in [5, 5.41) is 5.90. The van der Waals surface area contributed by atoms with E-state index >= 15 is 0 Å². The Labute approximate surface area is 188 Å². The molecule has 0 heterocycles. The molecule has 0 aliphatic heterocycles. The molecule has 7 nitrogen and oxygen atoms in total. The second-order valence-corrected chi connectivity index (χ2v) is 7.19. The second kappa shape index (κ2) is 11.4. The van der Waals surface area contributed by atoms with E-state index in [2.05, 4.69) is 10.6 Å². The Hall–Kier alpha value is -4.00. The van der Waals surface area contributed by atoms with Crippen molar-refractivity contribution in [2.45, 2.75) is 0 Å². The van der Waals surface area contributed by atoms with Gasteiger partial charge in [-0.1, -0.05) is 36.4 Å². The molecule has 0 spiro atoms. The van der Waals surface area contributed by atoms with Gasteiger partial charge >= 0.3 is 0 Å². The minimum Gasteiger partial charge on any atom is -0.490 e. The van der Waals surface area contributed by atoms with E-state index in [-0.39, 0.29) is 18.4 Å². The quantitative estimate of drug-likeness (QED) is 0.474. The first-order valence-electron chi connectivity index (χ1n) is 10.3. The Morgan fingerprint density at radius 2 is 1.56 bits per heavy atom. The van der Waals surface area contributed by atoms with Crippen LogP contribution >= 0.6 is 0 Å². The lowest BCUT2D eigenvalue weighted by Gasteiger charge is -2.14. The van der Waals surface area contributed by atoms with Gasteiger partial charge in [0.1, 0.15) is 24.7 Å². The maximum atomic E-state index is 12.4. The number of hydrogen-bond donors (Lipinski definition) is 2. The van der Waals surface area contributed by atoms with Crippen molar-refractivity contribution in [3.05, 3.63) is 84.4 Å². The lowest BCUT2D eigenvalue weighted by atomic mass is 10.2. The van der Waals surface area contributed by atoms with E-state index in [1.165, 1.54) is 4.90 Å². The zero-order valence-electron chi connectivity index (χ0n) is 18.2. The Balaban J connectivity index is 1.49. The molecule has 0 saturated carbocycles. The number of carbonyl (C=O) groups excluding carboxylic acids is 2. The van der Waals surface area contributed by atoms with Crippen LogP contribution in [0, 0.1) is 0 Å². The van der Waals surface area contributed by atoms with Gasteiger partial charge in [-0.25, -0.2) is 0 Å². The molecule has 3 aromatic carbocycles. The monoisotopic (exact) mass is 433 g/mol. The lowest BCUT2D eigenvalue weighted by molar-refractivity contribution is -0.114. The van der Waals surface area contributed by atoms with E-state index in [9.17, 15) is 9.59 Å². The van der Waals surface area contributed by atoms with Gasteiger partial charge in [0.25, 0.3) is 5.91 Å². The van der Waals surface area contributed by atoms with Crippen molar-refractivity contribution in [3.8, 4) is 11.5 Å². The molecular weight excluding hydrogens is 406 g/mol. The highest BCUT2D eigenvalue weighted by Gasteiger charge is 2.10. The molecule has 0 fully saturated rings. The van der Waals surface area contributed by atoms with Crippen molar-refractivity contribution in [1.82, 2.24) is 4.90 Å². The van der Waals surface area contributed by atoms with Crippen molar-refractivity contribution in [2.75, 3.05) is 44.5 Å². The lowest BCUT2D eigenvalue weighted by Crippen LogP contribution is -2.23. The van der Waals surface area contributed by atoms with Crippen LogP contribution in [0.3, 0.4) is 0 Å². The van der Waals surface area contributed by atoms with Gasteiger partial charge in [-0.3, -0.25) is 9.59 Å². The van der Waals surface area contributed by atoms with E-state index in [4.69, 9.17) is 9.47 Å². The highest BCUT2D eigenvalue weighted by molar-refractivity contribution is 5.98. The Morgan fingerprint density at radius 1 is 0.844 bits per heavy atom. The van der Waals surface area contributed by atoms with Crippen molar-refractivity contribution in [3.63, 3.8) is 0 Å². The van der Waals surface area contributed by atoms with Crippen molar-refractivity contribution >= 4 is 23.2 Å². The minimum absolute atomic E-state index is 0.0484. The molecule has 166 valence electrons. The van der Waals surface area contributed by atoms with Crippen LogP contribution in [0.2, 0.25) is 0 Å². The summed E-state index contributed by atoms with van der Waals surface area (Å²) in [6.45, 7) is 0.820. The number of nitrogens with one attached hydrogen (secondary N) is 2. The third-order valence-corrected chi connectivity index (χ3v) is 4.48. The topological polar surface area (TPSA) is 79.9 Å². The molecule has 0 aliphatic rings. The molecule has 2 amide bonds. The molecule has 7 heteroatoms. The third-order valence-electron chi connectivity index (χ3n) is 4.48. The van der Waals surface area contributed by atoms with Crippen LogP contribution in [-0.2, 0) is 4.79 Å². The number of ether oxygens (including phenoxy) is 2. The van der Waals surface area contributed by atoms with Gasteiger partial charge in [0.2, 0.25) is 5.91 Å².